The van der Waals surface area contributed by atoms with Crippen molar-refractivity contribution in [1.29, 1.82) is 0 Å². The first-order valence-corrected chi connectivity index (χ1v) is 6.46. The molecule has 0 radical (unpaired) electrons. The van der Waals surface area contributed by atoms with Crippen LogP contribution >= 0.6 is 0 Å². The van der Waals surface area contributed by atoms with Gasteiger partial charge >= 0.3 is 11.4 Å². The van der Waals surface area contributed by atoms with Gasteiger partial charge in [0.05, 0.1) is 29.0 Å². The lowest BCUT2D eigenvalue weighted by molar-refractivity contribution is -0.496. The molecule has 0 unspecified atom stereocenters. The number of hydrogen-bond acceptors (Lipinski definition) is 8. The second-order valence-electron chi connectivity index (χ2n) is 4.25. The van der Waals surface area contributed by atoms with Crippen LogP contribution in [-0.2, 0) is 0 Å². The van der Waals surface area contributed by atoms with Crippen LogP contribution < -0.4 is 10.0 Å². The van der Waals surface area contributed by atoms with Crippen LogP contribution in [0.3, 0.4) is 0 Å². The fourth-order valence-electron chi connectivity index (χ4n) is 2.01. The molecule has 0 spiro atoms. The van der Waals surface area contributed by atoms with E-state index in [1.165, 1.54) is 13.8 Å². The maximum absolute atomic E-state index is 11.1. The third-order valence-corrected chi connectivity index (χ3v) is 3.01. The minimum atomic E-state index is -1.03. The molecule has 1 aromatic carbocycles. The van der Waals surface area contributed by atoms with Crippen LogP contribution in [0, 0.1) is 40.5 Å². The molecule has 0 aliphatic carbocycles. The number of anilines is 2. The van der Waals surface area contributed by atoms with Gasteiger partial charge < -0.3 is 0 Å². The summed E-state index contributed by atoms with van der Waals surface area (Å²) in [6, 6.07) is 1.18. The molecular formula is C10H12N6O8. The van der Waals surface area contributed by atoms with Gasteiger partial charge in [0.15, 0.2) is 21.4 Å². The monoisotopic (exact) mass is 344 g/mol. The second-order valence-corrected chi connectivity index (χ2v) is 4.25. The van der Waals surface area contributed by atoms with E-state index >= 15 is 0 Å². The van der Waals surface area contributed by atoms with Crippen LogP contribution in [0.1, 0.15) is 13.8 Å². The largest absolute Gasteiger partial charge is 0.305 e. The highest BCUT2D eigenvalue weighted by molar-refractivity contribution is 5.77. The molecule has 0 aromatic heterocycles. The Balaban J connectivity index is 3.81. The normalized spacial score (nSPS) is 10.1. The van der Waals surface area contributed by atoms with Crippen LogP contribution in [0.4, 0.5) is 22.7 Å². The Bertz CT molecular complexity index is 652. The van der Waals surface area contributed by atoms with Crippen LogP contribution in [0.15, 0.2) is 12.1 Å². The zero-order valence-electron chi connectivity index (χ0n) is 12.5. The minimum Gasteiger partial charge on any atom is -0.258 e. The molecule has 0 bridgehead atoms. The van der Waals surface area contributed by atoms with Crippen LogP contribution in [0.25, 0.3) is 0 Å². The molecule has 24 heavy (non-hydrogen) atoms. The van der Waals surface area contributed by atoms with E-state index in [-0.39, 0.29) is 13.1 Å². The van der Waals surface area contributed by atoms with Crippen molar-refractivity contribution in [3.05, 3.63) is 52.6 Å². The number of benzene rings is 1. The summed E-state index contributed by atoms with van der Waals surface area (Å²) in [6.45, 7) is 2.07. The number of nitrogens with zero attached hydrogens (tertiary/aromatic N) is 6. The van der Waals surface area contributed by atoms with Crippen molar-refractivity contribution in [2.75, 3.05) is 23.1 Å². The van der Waals surface area contributed by atoms with E-state index in [1.54, 1.807) is 0 Å². The Morgan fingerprint density at radius 1 is 0.750 bits per heavy atom. The fourth-order valence-corrected chi connectivity index (χ4v) is 2.01. The van der Waals surface area contributed by atoms with Crippen molar-refractivity contribution in [2.24, 2.45) is 0 Å². The summed E-state index contributed by atoms with van der Waals surface area (Å²) < 4.78 is 0. The van der Waals surface area contributed by atoms with E-state index in [2.05, 4.69) is 0 Å². The van der Waals surface area contributed by atoms with E-state index < -0.39 is 42.7 Å². The van der Waals surface area contributed by atoms with Gasteiger partial charge in [-0.3, -0.25) is 20.2 Å². The molecule has 1 rings (SSSR count). The van der Waals surface area contributed by atoms with Gasteiger partial charge in [-0.25, -0.2) is 20.2 Å². The van der Waals surface area contributed by atoms with Crippen molar-refractivity contribution in [2.45, 2.75) is 13.8 Å². The van der Waals surface area contributed by atoms with Crippen LogP contribution in [0.2, 0.25) is 0 Å². The van der Waals surface area contributed by atoms with E-state index in [1.807, 2.05) is 0 Å². The molecule has 1 aromatic rings. The molecule has 0 aliphatic rings. The maximum Gasteiger partial charge on any atom is 0.305 e. The van der Waals surface area contributed by atoms with Gasteiger partial charge in [0.1, 0.15) is 0 Å². The molecule has 0 atom stereocenters. The number of nitro groups is 4. The molecule has 0 saturated heterocycles. The molecule has 14 heteroatoms. The minimum absolute atomic E-state index is 0.296. The first-order chi connectivity index (χ1) is 11.1. The number of rotatable bonds is 8. The molecule has 0 aliphatic heterocycles. The van der Waals surface area contributed by atoms with E-state index in [4.69, 9.17) is 0 Å². The highest BCUT2D eigenvalue weighted by Gasteiger charge is 2.35. The van der Waals surface area contributed by atoms with Gasteiger partial charge in [0, 0.05) is 6.07 Å². The third kappa shape index (κ3) is 3.42. The van der Waals surface area contributed by atoms with Crippen molar-refractivity contribution in [3.63, 3.8) is 0 Å². The first-order valence-electron chi connectivity index (χ1n) is 6.46. The Kier molecular flexibility index (Phi) is 5.48. The van der Waals surface area contributed by atoms with Gasteiger partial charge in [0.2, 0.25) is 0 Å². The zero-order chi connectivity index (χ0) is 18.6. The van der Waals surface area contributed by atoms with Crippen molar-refractivity contribution < 1.29 is 19.9 Å². The van der Waals surface area contributed by atoms with Crippen molar-refractivity contribution >= 4 is 22.7 Å². The van der Waals surface area contributed by atoms with Crippen LogP contribution in [-0.4, -0.2) is 33.0 Å². The van der Waals surface area contributed by atoms with Crippen LogP contribution in [0.5, 0.6) is 0 Å². The van der Waals surface area contributed by atoms with Gasteiger partial charge in [-0.05, 0) is 13.8 Å². The molecule has 14 nitrogen and oxygen atoms in total. The third-order valence-electron chi connectivity index (χ3n) is 3.01. The lowest BCUT2D eigenvalue weighted by atomic mass is 10.2. The molecule has 0 fully saturated rings. The lowest BCUT2D eigenvalue weighted by Crippen LogP contribution is -2.32. The number of hydrogen-bond donors (Lipinski definition) is 0. The molecule has 0 amide bonds. The standard InChI is InChI=1S/C10H12N6O8/c1-3-11(15(21)22)7-5-8(12(4-2)16(23)24)10(14(19)20)6-9(7)13(17)18/h5-6H,3-4H2,1-2H3. The van der Waals surface area contributed by atoms with E-state index in [0.717, 1.165) is 0 Å². The summed E-state index contributed by atoms with van der Waals surface area (Å²) in [5.41, 5.74) is -2.98. The molecule has 0 heterocycles. The summed E-state index contributed by atoms with van der Waals surface area (Å²) in [5, 5.41) is 43.2. The summed E-state index contributed by atoms with van der Waals surface area (Å²) in [7, 11) is 0. The van der Waals surface area contributed by atoms with Gasteiger partial charge in [-0.2, -0.15) is 0 Å². The first kappa shape index (κ1) is 18.5. The highest BCUT2D eigenvalue weighted by Crippen LogP contribution is 2.39. The average molecular weight is 344 g/mol. The summed E-state index contributed by atoms with van der Waals surface area (Å²) in [6.07, 6.45) is 0. The number of nitro benzene ring substituents is 2. The average Bonchev–Trinajstić information content (AvgIpc) is 2.47. The zero-order valence-corrected chi connectivity index (χ0v) is 12.5. The second kappa shape index (κ2) is 7.12. The van der Waals surface area contributed by atoms with E-state index in [0.29, 0.717) is 22.2 Å². The predicted molar refractivity (Wildman–Crippen MR) is 79.8 cm³/mol. The highest BCUT2D eigenvalue weighted by atomic mass is 16.7. The van der Waals surface area contributed by atoms with Gasteiger partial charge in [0.25, 0.3) is 0 Å². The molecule has 0 N–H and O–H groups in total. The quantitative estimate of drug-likeness (QED) is 0.495. The smallest absolute Gasteiger partial charge is 0.258 e. The summed E-state index contributed by atoms with van der Waals surface area (Å²) >= 11 is 0. The fraction of sp³-hybridized carbons (Fsp3) is 0.400. The Labute approximate surface area is 133 Å². The number of hydrazine groups is 2. The van der Waals surface area contributed by atoms with Crippen molar-refractivity contribution in [3.8, 4) is 0 Å². The van der Waals surface area contributed by atoms with E-state index in [9.17, 15) is 40.5 Å². The predicted octanol–water partition coefficient (Wildman–Crippen LogP) is 1.54. The maximum atomic E-state index is 11.1. The van der Waals surface area contributed by atoms with Crippen molar-refractivity contribution in [1.82, 2.24) is 0 Å². The lowest BCUT2D eigenvalue weighted by Gasteiger charge is -2.16. The topological polar surface area (TPSA) is 179 Å². The Hall–Kier alpha value is -3.58. The summed E-state index contributed by atoms with van der Waals surface area (Å²) in [4.78, 5) is 42.2. The Morgan fingerprint density at radius 2 is 1.08 bits per heavy atom. The SMILES string of the molecule is CCN(c1cc(N(CC)[N+](=O)[O-])c([N+](=O)[O-])cc1[N+](=O)[O-])[N+](=O)[O-]. The molecule has 130 valence electrons. The summed E-state index contributed by atoms with van der Waals surface area (Å²) in [5.74, 6) is 0. The molecule has 0 saturated carbocycles. The van der Waals surface area contributed by atoms with Gasteiger partial charge in [-0.15, -0.1) is 0 Å². The molecular weight excluding hydrogens is 332 g/mol. The Morgan fingerprint density at radius 3 is 1.29 bits per heavy atom. The van der Waals surface area contributed by atoms with Gasteiger partial charge in [-0.1, -0.05) is 10.0 Å².